The van der Waals surface area contributed by atoms with Gasteiger partial charge in [-0.05, 0) is 37.0 Å². The van der Waals surface area contributed by atoms with E-state index in [2.05, 4.69) is 15.0 Å². The number of nitrogens with zero attached hydrogens (tertiary/aromatic N) is 4. The van der Waals surface area contributed by atoms with Gasteiger partial charge in [0.1, 0.15) is 11.8 Å². The van der Waals surface area contributed by atoms with Gasteiger partial charge in [-0.3, -0.25) is 4.79 Å². The third kappa shape index (κ3) is 3.85. The molecule has 6 nitrogen and oxygen atoms in total. The van der Waals surface area contributed by atoms with Crippen LogP contribution in [0.4, 0.5) is 0 Å². The zero-order chi connectivity index (χ0) is 18.6. The Hall–Kier alpha value is -2.73. The number of hydrogen-bond donors (Lipinski definition) is 0. The average Bonchev–Trinajstić information content (AvgIpc) is 3.18. The molecule has 1 aliphatic rings. The Morgan fingerprint density at radius 1 is 1.15 bits per heavy atom. The van der Waals surface area contributed by atoms with Gasteiger partial charge in [-0.25, -0.2) is 15.0 Å². The summed E-state index contributed by atoms with van der Waals surface area (Å²) in [7, 11) is 0. The maximum atomic E-state index is 12.8. The fourth-order valence-corrected chi connectivity index (χ4v) is 3.56. The molecule has 138 valence electrons. The molecule has 3 aromatic rings. The van der Waals surface area contributed by atoms with Crippen LogP contribution in [-0.4, -0.2) is 32.3 Å². The van der Waals surface area contributed by atoms with Crippen molar-refractivity contribution in [3.8, 4) is 0 Å². The summed E-state index contributed by atoms with van der Waals surface area (Å²) in [4.78, 5) is 27.2. The van der Waals surface area contributed by atoms with Crippen molar-refractivity contribution in [3.63, 3.8) is 0 Å². The number of piperidine rings is 1. The van der Waals surface area contributed by atoms with E-state index in [1.54, 1.807) is 29.6 Å². The van der Waals surface area contributed by atoms with Crippen LogP contribution in [-0.2, 0) is 6.42 Å². The normalized spacial score (nSPS) is 17.1. The highest BCUT2D eigenvalue weighted by molar-refractivity contribution is 6.31. The van der Waals surface area contributed by atoms with Crippen LogP contribution in [0.1, 0.15) is 53.1 Å². The number of aromatic nitrogens is 3. The molecular weight excluding hydrogens is 364 g/mol. The summed E-state index contributed by atoms with van der Waals surface area (Å²) in [5.41, 5.74) is 0.983. The molecule has 3 heterocycles. The molecule has 1 aliphatic heterocycles. The van der Waals surface area contributed by atoms with E-state index in [0.29, 0.717) is 23.9 Å². The Bertz CT molecular complexity index is 928. The number of carbonyl (C=O) groups is 1. The second kappa shape index (κ2) is 7.88. The topological polar surface area (TPSA) is 72.1 Å². The number of hydrogen-bond acceptors (Lipinski definition) is 5. The fourth-order valence-electron chi connectivity index (χ4n) is 3.36. The van der Waals surface area contributed by atoms with Crippen LogP contribution in [0.3, 0.4) is 0 Å². The number of halogens is 1. The van der Waals surface area contributed by atoms with Gasteiger partial charge in [-0.1, -0.05) is 29.8 Å². The summed E-state index contributed by atoms with van der Waals surface area (Å²) < 4.78 is 5.99. The largest absolute Gasteiger partial charge is 0.443 e. The van der Waals surface area contributed by atoms with E-state index >= 15 is 0 Å². The number of benzene rings is 1. The molecule has 27 heavy (non-hydrogen) atoms. The van der Waals surface area contributed by atoms with Crippen molar-refractivity contribution in [2.75, 3.05) is 6.54 Å². The lowest BCUT2D eigenvalue weighted by atomic mass is 10.0. The highest BCUT2D eigenvalue weighted by atomic mass is 35.5. The minimum Gasteiger partial charge on any atom is -0.443 e. The van der Waals surface area contributed by atoms with Crippen LogP contribution < -0.4 is 0 Å². The molecule has 0 saturated carbocycles. The van der Waals surface area contributed by atoms with Crippen molar-refractivity contribution in [2.45, 2.75) is 31.7 Å². The van der Waals surface area contributed by atoms with Crippen molar-refractivity contribution >= 4 is 17.5 Å². The van der Waals surface area contributed by atoms with E-state index in [1.807, 2.05) is 24.3 Å². The van der Waals surface area contributed by atoms with Crippen LogP contribution in [0.15, 0.2) is 53.3 Å². The number of oxazole rings is 1. The Morgan fingerprint density at radius 2 is 1.96 bits per heavy atom. The number of amides is 1. The van der Waals surface area contributed by atoms with E-state index in [4.69, 9.17) is 16.0 Å². The highest BCUT2D eigenvalue weighted by Crippen LogP contribution is 2.32. The Labute approximate surface area is 162 Å². The summed E-state index contributed by atoms with van der Waals surface area (Å²) >= 11 is 6.23. The van der Waals surface area contributed by atoms with E-state index in [1.165, 1.54) is 0 Å². The molecule has 4 rings (SSSR count). The maximum absolute atomic E-state index is 12.8. The van der Waals surface area contributed by atoms with Crippen LogP contribution in [0.25, 0.3) is 0 Å². The molecule has 1 saturated heterocycles. The maximum Gasteiger partial charge on any atom is 0.292 e. The van der Waals surface area contributed by atoms with Gasteiger partial charge in [0.2, 0.25) is 11.7 Å². The molecule has 7 heteroatoms. The van der Waals surface area contributed by atoms with Gasteiger partial charge in [0.15, 0.2) is 0 Å². The molecule has 0 N–H and O–H groups in total. The molecule has 0 aliphatic carbocycles. The van der Waals surface area contributed by atoms with Crippen LogP contribution in [0.5, 0.6) is 0 Å². The number of likely N-dealkylation sites (tertiary alicyclic amines) is 1. The van der Waals surface area contributed by atoms with E-state index in [9.17, 15) is 4.79 Å². The van der Waals surface area contributed by atoms with Gasteiger partial charge in [0.05, 0.1) is 6.20 Å². The molecule has 0 radical (unpaired) electrons. The Kier molecular flexibility index (Phi) is 5.16. The summed E-state index contributed by atoms with van der Waals surface area (Å²) in [5, 5.41) is 0.700. The zero-order valence-electron chi connectivity index (χ0n) is 14.7. The quantitative estimate of drug-likeness (QED) is 0.679. The van der Waals surface area contributed by atoms with Crippen LogP contribution in [0.2, 0.25) is 5.02 Å². The molecular formula is C20H19ClN4O2. The van der Waals surface area contributed by atoms with Crippen molar-refractivity contribution < 1.29 is 9.21 Å². The minimum absolute atomic E-state index is 0.189. The lowest BCUT2D eigenvalue weighted by Gasteiger charge is -2.33. The SMILES string of the molecule is O=C(c1ncccn1)N1CCCC[C@H]1c1ncc(Cc2ccccc2Cl)o1. The van der Waals surface area contributed by atoms with Crippen LogP contribution in [0, 0.1) is 0 Å². The van der Waals surface area contributed by atoms with Crippen molar-refractivity contribution in [2.24, 2.45) is 0 Å². The second-order valence-corrected chi connectivity index (χ2v) is 6.92. The van der Waals surface area contributed by atoms with E-state index < -0.39 is 0 Å². The van der Waals surface area contributed by atoms with Gasteiger partial charge in [-0.15, -0.1) is 0 Å². The molecule has 1 fully saturated rings. The van der Waals surface area contributed by atoms with Gasteiger partial charge < -0.3 is 9.32 Å². The zero-order valence-corrected chi connectivity index (χ0v) is 15.5. The first-order valence-corrected chi connectivity index (χ1v) is 9.36. The predicted molar refractivity (Wildman–Crippen MR) is 100 cm³/mol. The van der Waals surface area contributed by atoms with Gasteiger partial charge in [0.25, 0.3) is 5.91 Å². The first-order chi connectivity index (χ1) is 13.2. The first-order valence-electron chi connectivity index (χ1n) is 8.98. The van der Waals surface area contributed by atoms with Crippen LogP contribution >= 0.6 is 11.6 Å². The van der Waals surface area contributed by atoms with Gasteiger partial charge in [-0.2, -0.15) is 0 Å². The summed E-state index contributed by atoms with van der Waals surface area (Å²) in [6, 6.07) is 9.16. The fraction of sp³-hybridized carbons (Fsp3) is 0.300. The Balaban J connectivity index is 1.55. The predicted octanol–water partition coefficient (Wildman–Crippen LogP) is 4.08. The first kappa shape index (κ1) is 17.7. The number of rotatable bonds is 4. The van der Waals surface area contributed by atoms with Crippen molar-refractivity contribution in [1.29, 1.82) is 0 Å². The average molecular weight is 383 g/mol. The summed E-state index contributed by atoms with van der Waals surface area (Å²) in [5.74, 6) is 1.30. The molecule has 0 bridgehead atoms. The van der Waals surface area contributed by atoms with Crippen molar-refractivity contribution in [1.82, 2.24) is 19.9 Å². The molecule has 1 atom stereocenters. The van der Waals surface area contributed by atoms with Crippen molar-refractivity contribution in [3.05, 3.63) is 77.0 Å². The third-order valence-corrected chi connectivity index (χ3v) is 5.07. The van der Waals surface area contributed by atoms with E-state index in [0.717, 1.165) is 30.6 Å². The smallest absolute Gasteiger partial charge is 0.292 e. The third-order valence-electron chi connectivity index (χ3n) is 4.70. The molecule has 0 unspecified atom stereocenters. The monoisotopic (exact) mass is 382 g/mol. The van der Waals surface area contributed by atoms with Gasteiger partial charge >= 0.3 is 0 Å². The summed E-state index contributed by atoms with van der Waals surface area (Å²) in [6.45, 7) is 0.643. The minimum atomic E-state index is -0.199. The second-order valence-electron chi connectivity index (χ2n) is 6.52. The number of carbonyl (C=O) groups excluding carboxylic acids is 1. The highest BCUT2D eigenvalue weighted by Gasteiger charge is 2.33. The standard InChI is InChI=1S/C20H19ClN4O2/c21-16-7-2-1-6-14(16)12-15-13-24-19(27-15)17-8-3-4-11-25(17)20(26)18-22-9-5-10-23-18/h1-2,5-7,9-10,13,17H,3-4,8,11-12H2/t17-/m0/s1. The Morgan fingerprint density at radius 3 is 2.78 bits per heavy atom. The van der Waals surface area contributed by atoms with Gasteiger partial charge in [0, 0.05) is 30.4 Å². The van der Waals surface area contributed by atoms with E-state index in [-0.39, 0.29) is 17.8 Å². The molecule has 0 spiro atoms. The molecule has 1 amide bonds. The molecule has 1 aromatic carbocycles. The summed E-state index contributed by atoms with van der Waals surface area (Å²) in [6.07, 6.45) is 8.21. The molecule has 2 aromatic heterocycles. The lowest BCUT2D eigenvalue weighted by molar-refractivity contribution is 0.0557. The lowest BCUT2D eigenvalue weighted by Crippen LogP contribution is -2.39.